The SMILES string of the molecule is NC(=S)NN(CC=O)c1ccccc1. The smallest absolute Gasteiger partial charge is 0.182 e. The van der Waals surface area contributed by atoms with Gasteiger partial charge in [-0.2, -0.15) is 0 Å². The number of carbonyl (C=O) groups is 1. The normalized spacial score (nSPS) is 9.14. The maximum absolute atomic E-state index is 10.4. The zero-order valence-electron chi connectivity index (χ0n) is 7.51. The number of aldehydes is 1. The fourth-order valence-electron chi connectivity index (χ4n) is 1.03. The highest BCUT2D eigenvalue weighted by Crippen LogP contribution is 2.09. The Labute approximate surface area is 87.7 Å². The topological polar surface area (TPSA) is 58.4 Å². The summed E-state index contributed by atoms with van der Waals surface area (Å²) >= 11 is 4.70. The van der Waals surface area contributed by atoms with Crippen LogP contribution < -0.4 is 16.2 Å². The maximum Gasteiger partial charge on any atom is 0.182 e. The number of nitrogens with two attached hydrogens (primary N) is 1. The first-order valence-electron chi connectivity index (χ1n) is 4.06. The molecule has 5 heteroatoms. The lowest BCUT2D eigenvalue weighted by Gasteiger charge is -2.22. The number of hydrogen-bond acceptors (Lipinski definition) is 3. The van der Waals surface area contributed by atoms with Crippen molar-refractivity contribution in [3.05, 3.63) is 30.3 Å². The first-order chi connectivity index (χ1) is 6.74. The van der Waals surface area contributed by atoms with Gasteiger partial charge in [0.1, 0.15) is 6.29 Å². The van der Waals surface area contributed by atoms with Gasteiger partial charge in [-0.3, -0.25) is 10.4 Å². The summed E-state index contributed by atoms with van der Waals surface area (Å²) in [6, 6.07) is 9.34. The zero-order chi connectivity index (χ0) is 10.4. The van der Waals surface area contributed by atoms with Crippen LogP contribution in [0.15, 0.2) is 30.3 Å². The molecule has 1 rings (SSSR count). The number of carbonyl (C=O) groups excluding carboxylic acids is 1. The fourth-order valence-corrected chi connectivity index (χ4v) is 1.14. The number of hydrazine groups is 1. The van der Waals surface area contributed by atoms with E-state index in [2.05, 4.69) is 5.43 Å². The number of nitrogens with zero attached hydrogens (tertiary/aromatic N) is 1. The number of hydrogen-bond donors (Lipinski definition) is 2. The molecule has 4 nitrogen and oxygen atoms in total. The van der Waals surface area contributed by atoms with Gasteiger partial charge < -0.3 is 10.5 Å². The third-order valence-electron chi connectivity index (χ3n) is 1.57. The fraction of sp³-hybridized carbons (Fsp3) is 0.111. The van der Waals surface area contributed by atoms with Crippen LogP contribution in [0.3, 0.4) is 0 Å². The second-order valence-electron chi connectivity index (χ2n) is 2.59. The van der Waals surface area contributed by atoms with Crippen LogP contribution in [0.1, 0.15) is 0 Å². The van der Waals surface area contributed by atoms with E-state index in [0.29, 0.717) is 0 Å². The monoisotopic (exact) mass is 209 g/mol. The first-order valence-corrected chi connectivity index (χ1v) is 4.47. The van der Waals surface area contributed by atoms with Gasteiger partial charge in [0, 0.05) is 0 Å². The Kier molecular flexibility index (Phi) is 3.87. The molecule has 0 bridgehead atoms. The van der Waals surface area contributed by atoms with Crippen molar-refractivity contribution >= 4 is 29.3 Å². The van der Waals surface area contributed by atoms with Crippen molar-refractivity contribution in [1.29, 1.82) is 0 Å². The van der Waals surface area contributed by atoms with E-state index in [4.69, 9.17) is 18.0 Å². The summed E-state index contributed by atoms with van der Waals surface area (Å²) < 4.78 is 0. The van der Waals surface area contributed by atoms with Crippen LogP contribution in [0, 0.1) is 0 Å². The third-order valence-corrected chi connectivity index (χ3v) is 1.66. The number of rotatable bonds is 4. The summed E-state index contributed by atoms with van der Waals surface area (Å²) in [5, 5.41) is 1.71. The van der Waals surface area contributed by atoms with Crippen LogP contribution in [0.25, 0.3) is 0 Å². The van der Waals surface area contributed by atoms with Crippen molar-refractivity contribution in [2.45, 2.75) is 0 Å². The van der Waals surface area contributed by atoms with Gasteiger partial charge in [-0.1, -0.05) is 18.2 Å². The lowest BCUT2D eigenvalue weighted by atomic mass is 10.3. The van der Waals surface area contributed by atoms with Gasteiger partial charge in [-0.15, -0.1) is 0 Å². The lowest BCUT2D eigenvalue weighted by Crippen LogP contribution is -2.46. The Balaban J connectivity index is 2.77. The van der Waals surface area contributed by atoms with E-state index < -0.39 is 0 Å². The number of nitrogens with one attached hydrogen (secondary N) is 1. The molecule has 0 fully saturated rings. The Morgan fingerprint density at radius 2 is 2.14 bits per heavy atom. The van der Waals surface area contributed by atoms with E-state index in [1.165, 1.54) is 0 Å². The molecule has 0 atom stereocenters. The first kappa shape index (κ1) is 10.5. The summed E-state index contributed by atoms with van der Waals surface area (Å²) in [5.41, 5.74) is 8.87. The molecule has 0 aromatic heterocycles. The Bertz CT molecular complexity index is 315. The molecule has 0 heterocycles. The van der Waals surface area contributed by atoms with Crippen LogP contribution >= 0.6 is 12.2 Å². The second kappa shape index (κ2) is 5.18. The van der Waals surface area contributed by atoms with Crippen LogP contribution in [0.4, 0.5) is 5.69 Å². The molecular formula is C9H11N3OS. The number of anilines is 1. The lowest BCUT2D eigenvalue weighted by molar-refractivity contribution is -0.106. The van der Waals surface area contributed by atoms with Gasteiger partial charge >= 0.3 is 0 Å². The van der Waals surface area contributed by atoms with Crippen molar-refractivity contribution in [3.8, 4) is 0 Å². The molecule has 0 spiro atoms. The summed E-state index contributed by atoms with van der Waals surface area (Å²) in [7, 11) is 0. The second-order valence-corrected chi connectivity index (χ2v) is 3.03. The molecule has 0 aliphatic carbocycles. The highest BCUT2D eigenvalue weighted by molar-refractivity contribution is 7.80. The van der Waals surface area contributed by atoms with Crippen molar-refractivity contribution in [2.75, 3.05) is 11.6 Å². The van der Waals surface area contributed by atoms with Gasteiger partial charge in [0.25, 0.3) is 0 Å². The molecule has 0 aliphatic heterocycles. The van der Waals surface area contributed by atoms with E-state index >= 15 is 0 Å². The van der Waals surface area contributed by atoms with Gasteiger partial charge in [0.05, 0.1) is 12.2 Å². The van der Waals surface area contributed by atoms with Gasteiger partial charge in [-0.25, -0.2) is 0 Å². The molecule has 74 valence electrons. The van der Waals surface area contributed by atoms with Gasteiger partial charge in [-0.05, 0) is 24.4 Å². The minimum atomic E-state index is 0.135. The number of thiocarbonyl (C=S) groups is 1. The Morgan fingerprint density at radius 1 is 1.50 bits per heavy atom. The molecule has 1 aromatic carbocycles. The zero-order valence-corrected chi connectivity index (χ0v) is 8.33. The molecule has 1 aromatic rings. The van der Waals surface area contributed by atoms with E-state index in [1.54, 1.807) is 5.01 Å². The summed E-state index contributed by atoms with van der Waals surface area (Å²) in [4.78, 5) is 10.4. The van der Waals surface area contributed by atoms with E-state index in [-0.39, 0.29) is 11.7 Å². The minimum absolute atomic E-state index is 0.135. The van der Waals surface area contributed by atoms with Crippen LogP contribution in [0.2, 0.25) is 0 Å². The predicted molar refractivity (Wildman–Crippen MR) is 59.8 cm³/mol. The molecule has 14 heavy (non-hydrogen) atoms. The molecular weight excluding hydrogens is 198 g/mol. The molecule has 0 unspecified atom stereocenters. The van der Waals surface area contributed by atoms with Gasteiger partial charge in [0.15, 0.2) is 5.11 Å². The van der Waals surface area contributed by atoms with E-state index in [1.807, 2.05) is 30.3 Å². The highest BCUT2D eigenvalue weighted by Gasteiger charge is 2.04. The molecule has 0 saturated heterocycles. The van der Waals surface area contributed by atoms with Crippen LogP contribution in [0.5, 0.6) is 0 Å². The third kappa shape index (κ3) is 3.02. The van der Waals surface area contributed by atoms with Crippen molar-refractivity contribution in [3.63, 3.8) is 0 Å². The molecule has 0 amide bonds. The van der Waals surface area contributed by atoms with E-state index in [9.17, 15) is 4.79 Å². The summed E-state index contributed by atoms with van der Waals surface area (Å²) in [6.07, 6.45) is 0.776. The molecule has 0 saturated carbocycles. The Morgan fingerprint density at radius 3 is 2.64 bits per heavy atom. The van der Waals surface area contributed by atoms with Crippen LogP contribution in [-0.4, -0.2) is 17.9 Å². The summed E-state index contributed by atoms with van der Waals surface area (Å²) in [6.45, 7) is 0.196. The van der Waals surface area contributed by atoms with Gasteiger partial charge in [0.2, 0.25) is 0 Å². The number of para-hydroxylation sites is 1. The highest BCUT2D eigenvalue weighted by atomic mass is 32.1. The Hall–Kier alpha value is -1.62. The van der Waals surface area contributed by atoms with Crippen molar-refractivity contribution in [2.24, 2.45) is 5.73 Å². The number of benzene rings is 1. The average molecular weight is 209 g/mol. The molecule has 0 aliphatic rings. The largest absolute Gasteiger partial charge is 0.375 e. The van der Waals surface area contributed by atoms with Crippen LogP contribution in [-0.2, 0) is 4.79 Å². The van der Waals surface area contributed by atoms with E-state index in [0.717, 1.165) is 12.0 Å². The average Bonchev–Trinajstić information content (AvgIpc) is 2.18. The minimum Gasteiger partial charge on any atom is -0.375 e. The molecule has 3 N–H and O–H groups in total. The van der Waals surface area contributed by atoms with Crippen molar-refractivity contribution in [1.82, 2.24) is 5.43 Å². The summed E-state index contributed by atoms with van der Waals surface area (Å²) in [5.74, 6) is 0. The van der Waals surface area contributed by atoms with Crippen molar-refractivity contribution < 1.29 is 4.79 Å². The predicted octanol–water partition coefficient (Wildman–Crippen LogP) is 0.440. The standard InChI is InChI=1S/C9H11N3OS/c10-9(14)11-12(6-7-13)8-4-2-1-3-5-8/h1-5,7H,6H2,(H3,10,11,14). The maximum atomic E-state index is 10.4. The molecule has 0 radical (unpaired) electrons. The quantitative estimate of drug-likeness (QED) is 0.428.